The van der Waals surface area contributed by atoms with Crippen LogP contribution >= 0.6 is 11.6 Å². The van der Waals surface area contributed by atoms with Crippen LogP contribution in [0.15, 0.2) is 48.5 Å². The SMILES string of the molecule is Cc1cc(Cl)ccc1N(CC(=O)N(CCc1ccccc1)C(C)C(=O)NCC(C)C)S(C)(=O)=O. The zero-order chi connectivity index (χ0) is 25.5. The van der Waals surface area contributed by atoms with Crippen LogP contribution in [-0.2, 0) is 26.0 Å². The molecule has 1 N–H and O–H groups in total. The second-order valence-electron chi connectivity index (χ2n) is 8.84. The molecule has 2 amide bonds. The van der Waals surface area contributed by atoms with E-state index in [1.54, 1.807) is 32.0 Å². The number of nitrogens with zero attached hydrogens (tertiary/aromatic N) is 2. The molecule has 0 radical (unpaired) electrons. The maximum Gasteiger partial charge on any atom is 0.244 e. The van der Waals surface area contributed by atoms with Crippen LogP contribution in [-0.4, -0.2) is 57.1 Å². The van der Waals surface area contributed by atoms with Crippen LogP contribution < -0.4 is 9.62 Å². The van der Waals surface area contributed by atoms with Gasteiger partial charge < -0.3 is 10.2 Å². The van der Waals surface area contributed by atoms with Gasteiger partial charge in [-0.25, -0.2) is 8.42 Å². The standard InChI is InChI=1S/C25H34ClN3O4S/c1-18(2)16-27-25(31)20(4)28(14-13-21-9-7-6-8-10-21)24(30)17-29(34(5,32)33)23-12-11-22(26)15-19(23)3/h6-12,15,18,20H,13-14,16-17H2,1-5H3,(H,27,31). The third-order valence-corrected chi connectivity index (χ3v) is 6.80. The molecule has 0 aliphatic carbocycles. The highest BCUT2D eigenvalue weighted by Gasteiger charge is 2.30. The Kier molecular flexibility index (Phi) is 9.94. The summed E-state index contributed by atoms with van der Waals surface area (Å²) in [6.45, 7) is 7.72. The molecular formula is C25H34ClN3O4S. The van der Waals surface area contributed by atoms with Crippen molar-refractivity contribution in [3.63, 3.8) is 0 Å². The Morgan fingerprint density at radius 1 is 1.06 bits per heavy atom. The van der Waals surface area contributed by atoms with Gasteiger partial charge in [-0.3, -0.25) is 13.9 Å². The van der Waals surface area contributed by atoms with Crippen molar-refractivity contribution in [2.45, 2.75) is 40.2 Å². The van der Waals surface area contributed by atoms with Crippen molar-refractivity contribution in [2.75, 3.05) is 30.2 Å². The fourth-order valence-corrected chi connectivity index (χ4v) is 4.65. The molecule has 2 aromatic rings. The molecule has 0 saturated heterocycles. The average Bonchev–Trinajstić information content (AvgIpc) is 2.76. The van der Waals surface area contributed by atoms with Gasteiger partial charge in [-0.15, -0.1) is 0 Å². The number of nitrogens with one attached hydrogen (secondary N) is 1. The number of benzene rings is 2. The van der Waals surface area contributed by atoms with E-state index in [0.29, 0.717) is 29.2 Å². The van der Waals surface area contributed by atoms with Gasteiger partial charge in [0.05, 0.1) is 11.9 Å². The number of anilines is 1. The lowest BCUT2D eigenvalue weighted by Crippen LogP contribution is -2.52. The van der Waals surface area contributed by atoms with E-state index in [0.717, 1.165) is 16.1 Å². The highest BCUT2D eigenvalue weighted by atomic mass is 35.5. The van der Waals surface area contributed by atoms with Crippen molar-refractivity contribution < 1.29 is 18.0 Å². The molecule has 0 fully saturated rings. The maximum atomic E-state index is 13.5. The Balaban J connectivity index is 2.32. The van der Waals surface area contributed by atoms with Crippen LogP contribution in [0.3, 0.4) is 0 Å². The normalized spacial score (nSPS) is 12.3. The van der Waals surface area contributed by atoms with E-state index in [2.05, 4.69) is 5.32 Å². The molecule has 9 heteroatoms. The molecule has 0 spiro atoms. The number of amides is 2. The molecule has 7 nitrogen and oxygen atoms in total. The number of hydrogen-bond acceptors (Lipinski definition) is 4. The molecule has 0 heterocycles. The van der Waals surface area contributed by atoms with Gasteiger partial charge in [-0.1, -0.05) is 55.8 Å². The molecule has 0 bridgehead atoms. The Morgan fingerprint density at radius 3 is 2.26 bits per heavy atom. The topological polar surface area (TPSA) is 86.8 Å². The predicted octanol–water partition coefficient (Wildman–Crippen LogP) is 3.65. The number of hydrogen-bond donors (Lipinski definition) is 1. The summed E-state index contributed by atoms with van der Waals surface area (Å²) in [5.41, 5.74) is 2.02. The Bertz CT molecular complexity index is 1090. The third-order valence-electron chi connectivity index (χ3n) is 5.44. The molecular weight excluding hydrogens is 474 g/mol. The smallest absolute Gasteiger partial charge is 0.244 e. The molecule has 186 valence electrons. The Morgan fingerprint density at radius 2 is 1.71 bits per heavy atom. The zero-order valence-electron chi connectivity index (χ0n) is 20.4. The first-order chi connectivity index (χ1) is 15.9. The number of carbonyl (C=O) groups excluding carboxylic acids is 2. The number of halogens is 1. The number of aryl methyl sites for hydroxylation is 1. The number of rotatable bonds is 11. The second kappa shape index (κ2) is 12.2. The number of carbonyl (C=O) groups is 2. The van der Waals surface area contributed by atoms with Gasteiger partial charge >= 0.3 is 0 Å². The van der Waals surface area contributed by atoms with Crippen molar-refractivity contribution in [2.24, 2.45) is 5.92 Å². The van der Waals surface area contributed by atoms with E-state index in [1.165, 1.54) is 4.90 Å². The molecule has 2 rings (SSSR count). The highest BCUT2D eigenvalue weighted by Crippen LogP contribution is 2.26. The minimum absolute atomic E-state index is 0.262. The fraction of sp³-hybridized carbons (Fsp3) is 0.440. The summed E-state index contributed by atoms with van der Waals surface area (Å²) in [5.74, 6) is -0.468. The molecule has 2 aromatic carbocycles. The number of sulfonamides is 1. The van der Waals surface area contributed by atoms with E-state index in [9.17, 15) is 18.0 Å². The Labute approximate surface area is 208 Å². The van der Waals surface area contributed by atoms with Crippen LogP contribution in [0.25, 0.3) is 0 Å². The van der Waals surface area contributed by atoms with Crippen molar-refractivity contribution >= 4 is 39.1 Å². The Hall–Kier alpha value is -2.58. The van der Waals surface area contributed by atoms with Gasteiger partial charge in [0.1, 0.15) is 12.6 Å². The third kappa shape index (κ3) is 8.02. The molecule has 0 aliphatic heterocycles. The summed E-state index contributed by atoms with van der Waals surface area (Å²) in [5, 5.41) is 3.34. The van der Waals surface area contributed by atoms with Gasteiger partial charge in [-0.05, 0) is 55.5 Å². The predicted molar refractivity (Wildman–Crippen MR) is 138 cm³/mol. The zero-order valence-corrected chi connectivity index (χ0v) is 22.0. The van der Waals surface area contributed by atoms with E-state index < -0.39 is 28.5 Å². The molecule has 0 saturated carbocycles. The first kappa shape index (κ1) is 27.7. The van der Waals surface area contributed by atoms with Crippen LogP contribution in [0.1, 0.15) is 31.9 Å². The highest BCUT2D eigenvalue weighted by molar-refractivity contribution is 7.92. The van der Waals surface area contributed by atoms with E-state index >= 15 is 0 Å². The fourth-order valence-electron chi connectivity index (χ4n) is 3.52. The second-order valence-corrected chi connectivity index (χ2v) is 11.2. The summed E-state index contributed by atoms with van der Waals surface area (Å²) in [7, 11) is -3.77. The van der Waals surface area contributed by atoms with Crippen LogP contribution in [0, 0.1) is 12.8 Å². The lowest BCUT2D eigenvalue weighted by atomic mass is 10.1. The summed E-state index contributed by atoms with van der Waals surface area (Å²) in [6, 6.07) is 13.7. The minimum Gasteiger partial charge on any atom is -0.354 e. The molecule has 34 heavy (non-hydrogen) atoms. The average molecular weight is 508 g/mol. The van der Waals surface area contributed by atoms with Crippen molar-refractivity contribution in [3.8, 4) is 0 Å². The van der Waals surface area contributed by atoms with Gasteiger partial charge in [0.15, 0.2) is 0 Å². The van der Waals surface area contributed by atoms with Crippen LogP contribution in [0.5, 0.6) is 0 Å². The van der Waals surface area contributed by atoms with E-state index in [-0.39, 0.29) is 18.4 Å². The van der Waals surface area contributed by atoms with Gasteiger partial charge in [0.2, 0.25) is 21.8 Å². The lowest BCUT2D eigenvalue weighted by Gasteiger charge is -2.32. The first-order valence-electron chi connectivity index (χ1n) is 11.2. The summed E-state index contributed by atoms with van der Waals surface area (Å²) < 4.78 is 26.3. The molecule has 1 unspecified atom stereocenters. The van der Waals surface area contributed by atoms with E-state index in [1.807, 2.05) is 44.2 Å². The summed E-state index contributed by atoms with van der Waals surface area (Å²) >= 11 is 6.03. The molecule has 0 aliphatic rings. The quantitative estimate of drug-likeness (QED) is 0.503. The summed E-state index contributed by atoms with van der Waals surface area (Å²) in [4.78, 5) is 27.7. The van der Waals surface area contributed by atoms with Gasteiger partial charge in [0, 0.05) is 18.1 Å². The van der Waals surface area contributed by atoms with Crippen LogP contribution in [0.2, 0.25) is 5.02 Å². The lowest BCUT2D eigenvalue weighted by molar-refractivity contribution is -0.138. The first-order valence-corrected chi connectivity index (χ1v) is 13.5. The maximum absolute atomic E-state index is 13.5. The monoisotopic (exact) mass is 507 g/mol. The molecule has 1 atom stereocenters. The van der Waals surface area contributed by atoms with Crippen LogP contribution in [0.4, 0.5) is 5.69 Å². The minimum atomic E-state index is -3.77. The molecule has 0 aromatic heterocycles. The largest absolute Gasteiger partial charge is 0.354 e. The van der Waals surface area contributed by atoms with Crippen molar-refractivity contribution in [1.82, 2.24) is 10.2 Å². The van der Waals surface area contributed by atoms with Crippen molar-refractivity contribution in [1.29, 1.82) is 0 Å². The van der Waals surface area contributed by atoms with Gasteiger partial charge in [0.25, 0.3) is 0 Å². The van der Waals surface area contributed by atoms with Gasteiger partial charge in [-0.2, -0.15) is 0 Å². The summed E-state index contributed by atoms with van der Waals surface area (Å²) in [6.07, 6.45) is 1.59. The van der Waals surface area contributed by atoms with E-state index in [4.69, 9.17) is 11.6 Å². The van der Waals surface area contributed by atoms with Crippen molar-refractivity contribution in [3.05, 3.63) is 64.7 Å².